The Morgan fingerprint density at radius 1 is 1.17 bits per heavy atom. The average Bonchev–Trinajstić information content (AvgIpc) is 2.96. The number of thiazole rings is 1. The molecular formula is C16H14F2N2O2S2. The number of nitrogens with one attached hydrogen (secondary N) is 1. The Labute approximate surface area is 142 Å². The van der Waals surface area contributed by atoms with Crippen LogP contribution in [0.5, 0.6) is 0 Å². The van der Waals surface area contributed by atoms with Crippen LogP contribution >= 0.6 is 11.3 Å². The van der Waals surface area contributed by atoms with Gasteiger partial charge < -0.3 is 0 Å². The van der Waals surface area contributed by atoms with E-state index < -0.39 is 26.6 Å². The lowest BCUT2D eigenvalue weighted by molar-refractivity contribution is 0.558. The van der Waals surface area contributed by atoms with E-state index in [1.54, 1.807) is 0 Å². The van der Waals surface area contributed by atoms with E-state index in [1.165, 1.54) is 11.3 Å². The minimum atomic E-state index is -3.99. The number of nitrogens with zero attached hydrogens (tertiary/aromatic N) is 1. The Kier molecular flexibility index (Phi) is 4.62. The van der Waals surface area contributed by atoms with Gasteiger partial charge in [0.1, 0.15) is 11.6 Å². The summed E-state index contributed by atoms with van der Waals surface area (Å²) in [5.41, 5.74) is 0.861. The highest BCUT2D eigenvalue weighted by atomic mass is 32.2. The van der Waals surface area contributed by atoms with E-state index in [2.05, 4.69) is 9.71 Å². The summed E-state index contributed by atoms with van der Waals surface area (Å²) in [6.45, 7) is 1.92. The van der Waals surface area contributed by atoms with Crippen molar-refractivity contribution >= 4 is 31.6 Å². The second kappa shape index (κ2) is 6.54. The molecule has 3 rings (SSSR count). The van der Waals surface area contributed by atoms with Gasteiger partial charge in [-0.3, -0.25) is 0 Å². The van der Waals surface area contributed by atoms with E-state index in [9.17, 15) is 17.2 Å². The maximum atomic E-state index is 13.2. The molecule has 0 saturated heterocycles. The highest BCUT2D eigenvalue weighted by molar-refractivity contribution is 7.89. The van der Waals surface area contributed by atoms with Crippen LogP contribution in [-0.2, 0) is 10.0 Å². The minimum absolute atomic E-state index is 0.0836. The zero-order valence-electron chi connectivity index (χ0n) is 12.7. The fraction of sp³-hybridized carbons (Fsp3) is 0.188. The number of aromatic nitrogens is 1. The fourth-order valence-corrected chi connectivity index (χ4v) is 4.38. The van der Waals surface area contributed by atoms with Crippen LogP contribution in [0.3, 0.4) is 0 Å². The molecule has 0 radical (unpaired) electrons. The van der Waals surface area contributed by atoms with E-state index in [4.69, 9.17) is 0 Å². The van der Waals surface area contributed by atoms with Crippen molar-refractivity contribution in [1.29, 1.82) is 0 Å². The van der Waals surface area contributed by atoms with Crippen LogP contribution in [0.25, 0.3) is 10.2 Å². The lowest BCUT2D eigenvalue weighted by atomic mass is 10.2. The largest absolute Gasteiger partial charge is 0.241 e. The second-order valence-corrected chi connectivity index (χ2v) is 8.21. The molecule has 1 atom stereocenters. The molecule has 0 amide bonds. The molecule has 0 aliphatic heterocycles. The molecule has 1 N–H and O–H groups in total. The molecule has 3 aromatic rings. The number of rotatable bonds is 5. The Morgan fingerprint density at radius 2 is 1.83 bits per heavy atom. The number of halogens is 2. The van der Waals surface area contributed by atoms with E-state index >= 15 is 0 Å². The van der Waals surface area contributed by atoms with Crippen LogP contribution in [0.15, 0.2) is 47.4 Å². The first-order valence-electron chi connectivity index (χ1n) is 7.16. The molecule has 0 aliphatic carbocycles. The molecule has 0 bridgehead atoms. The zero-order chi connectivity index (χ0) is 17.3. The Hall–Kier alpha value is -1.90. The number of para-hydroxylation sites is 1. The summed E-state index contributed by atoms with van der Waals surface area (Å²) in [5.74, 6) is -2.04. The van der Waals surface area contributed by atoms with Crippen molar-refractivity contribution < 1.29 is 17.2 Å². The first kappa shape index (κ1) is 16.9. The average molecular weight is 368 g/mol. The summed E-state index contributed by atoms with van der Waals surface area (Å²) in [6, 6.07) is 9.84. The number of hydrogen-bond acceptors (Lipinski definition) is 4. The van der Waals surface area contributed by atoms with Crippen LogP contribution in [-0.4, -0.2) is 19.9 Å². The quantitative estimate of drug-likeness (QED) is 0.748. The first-order valence-corrected chi connectivity index (χ1v) is 9.46. The van der Waals surface area contributed by atoms with Gasteiger partial charge in [-0.25, -0.2) is 26.9 Å². The molecule has 0 fully saturated rings. The summed E-state index contributed by atoms with van der Waals surface area (Å²) in [5, 5.41) is 0.796. The summed E-state index contributed by atoms with van der Waals surface area (Å²) < 4.78 is 54.2. The monoisotopic (exact) mass is 368 g/mol. The molecule has 24 heavy (non-hydrogen) atoms. The van der Waals surface area contributed by atoms with Crippen molar-refractivity contribution in [3.63, 3.8) is 0 Å². The molecule has 1 heterocycles. The third-order valence-electron chi connectivity index (χ3n) is 3.46. The third-order valence-corrected chi connectivity index (χ3v) is 6.13. The highest BCUT2D eigenvalue weighted by Gasteiger charge is 2.19. The molecule has 0 spiro atoms. The van der Waals surface area contributed by atoms with Gasteiger partial charge in [0.25, 0.3) is 0 Å². The van der Waals surface area contributed by atoms with Gasteiger partial charge >= 0.3 is 0 Å². The first-order chi connectivity index (χ1) is 11.3. The molecule has 4 nitrogen and oxygen atoms in total. The molecule has 8 heteroatoms. The Balaban J connectivity index is 1.76. The van der Waals surface area contributed by atoms with E-state index in [0.717, 1.165) is 27.4 Å². The lowest BCUT2D eigenvalue weighted by Crippen LogP contribution is -2.27. The van der Waals surface area contributed by atoms with Crippen molar-refractivity contribution in [2.45, 2.75) is 17.7 Å². The molecule has 126 valence electrons. The van der Waals surface area contributed by atoms with Gasteiger partial charge in [0.05, 0.1) is 20.1 Å². The van der Waals surface area contributed by atoms with Crippen LogP contribution in [0.1, 0.15) is 17.8 Å². The molecule has 0 saturated carbocycles. The van der Waals surface area contributed by atoms with Gasteiger partial charge in [-0.2, -0.15) is 0 Å². The predicted octanol–water partition coefficient (Wildman–Crippen LogP) is 3.66. The van der Waals surface area contributed by atoms with Gasteiger partial charge in [0.15, 0.2) is 0 Å². The number of sulfonamides is 1. The van der Waals surface area contributed by atoms with E-state index in [-0.39, 0.29) is 12.5 Å². The van der Waals surface area contributed by atoms with Crippen molar-refractivity contribution in [1.82, 2.24) is 9.71 Å². The van der Waals surface area contributed by atoms with Crippen LogP contribution in [0.2, 0.25) is 0 Å². The van der Waals surface area contributed by atoms with Crippen molar-refractivity contribution in [3.8, 4) is 0 Å². The smallest absolute Gasteiger partial charge is 0.240 e. The summed E-state index contributed by atoms with van der Waals surface area (Å²) in [7, 11) is -3.99. The van der Waals surface area contributed by atoms with Crippen LogP contribution in [0.4, 0.5) is 8.78 Å². The topological polar surface area (TPSA) is 59.1 Å². The van der Waals surface area contributed by atoms with Crippen molar-refractivity contribution in [2.24, 2.45) is 0 Å². The van der Waals surface area contributed by atoms with Gasteiger partial charge in [-0.15, -0.1) is 11.3 Å². The number of benzene rings is 2. The number of fused-ring (bicyclic) bond motifs is 1. The second-order valence-electron chi connectivity index (χ2n) is 5.38. The fourth-order valence-electron chi connectivity index (χ4n) is 2.19. The normalized spacial score (nSPS) is 13.3. The maximum absolute atomic E-state index is 13.2. The summed E-state index contributed by atoms with van der Waals surface area (Å²) in [6.07, 6.45) is 0. The van der Waals surface area contributed by atoms with Gasteiger partial charge in [0, 0.05) is 18.5 Å². The van der Waals surface area contributed by atoms with Crippen molar-refractivity contribution in [2.75, 3.05) is 6.54 Å². The van der Waals surface area contributed by atoms with Gasteiger partial charge in [-0.05, 0) is 24.3 Å². The molecule has 0 aliphatic rings. The molecule has 2 aromatic carbocycles. The summed E-state index contributed by atoms with van der Waals surface area (Å²) in [4.78, 5) is 4.04. The SMILES string of the molecule is C[C@H](CNS(=O)(=O)c1cc(F)cc(F)c1)c1nc2ccccc2s1. The van der Waals surface area contributed by atoms with Crippen LogP contribution in [0, 0.1) is 11.6 Å². The maximum Gasteiger partial charge on any atom is 0.240 e. The van der Waals surface area contributed by atoms with E-state index in [0.29, 0.717) is 6.07 Å². The highest BCUT2D eigenvalue weighted by Crippen LogP contribution is 2.27. The lowest BCUT2D eigenvalue weighted by Gasteiger charge is -2.11. The van der Waals surface area contributed by atoms with Crippen LogP contribution < -0.4 is 4.72 Å². The molecule has 1 aromatic heterocycles. The van der Waals surface area contributed by atoms with Crippen molar-refractivity contribution in [3.05, 3.63) is 59.1 Å². The number of hydrogen-bond donors (Lipinski definition) is 1. The van der Waals surface area contributed by atoms with E-state index in [1.807, 2.05) is 31.2 Å². The zero-order valence-corrected chi connectivity index (χ0v) is 14.3. The Morgan fingerprint density at radius 3 is 2.50 bits per heavy atom. The van der Waals surface area contributed by atoms with Gasteiger partial charge in [-0.1, -0.05) is 19.1 Å². The predicted molar refractivity (Wildman–Crippen MR) is 89.6 cm³/mol. The summed E-state index contributed by atoms with van der Waals surface area (Å²) >= 11 is 1.49. The molecule has 0 unspecified atom stereocenters. The minimum Gasteiger partial charge on any atom is -0.241 e. The Bertz CT molecular complexity index is 933. The standard InChI is InChI=1S/C16H14F2N2O2S2/c1-10(16-20-14-4-2-3-5-15(14)23-16)9-19-24(21,22)13-7-11(17)6-12(18)8-13/h2-8,10,19H,9H2,1H3/t10-/m1/s1. The third kappa shape index (κ3) is 3.61. The van der Waals surface area contributed by atoms with Gasteiger partial charge in [0.2, 0.25) is 10.0 Å². The molecular weight excluding hydrogens is 354 g/mol.